The first kappa shape index (κ1) is 17.9. The van der Waals surface area contributed by atoms with E-state index in [1.807, 2.05) is 25.1 Å². The number of hydrogen-bond acceptors (Lipinski definition) is 4. The standard InChI is InChI=1S/C22H28N4O2/c1-16-13-17(2)25(23-16)11-6-10-24-12-9-22-20(24)14-21(27)26(22)19(15-28-22)18-7-4-3-5-8-18/h3-5,7-8,13,19-20H,6,9-12,14-15H2,1-2H3/t19-,20+,22-/m0/s1. The molecule has 3 fully saturated rings. The summed E-state index contributed by atoms with van der Waals surface area (Å²) in [5.74, 6) is 0.236. The summed E-state index contributed by atoms with van der Waals surface area (Å²) >= 11 is 0. The van der Waals surface area contributed by atoms with Crippen molar-refractivity contribution in [2.24, 2.45) is 0 Å². The van der Waals surface area contributed by atoms with Gasteiger partial charge in [-0.3, -0.25) is 14.4 Å². The summed E-state index contributed by atoms with van der Waals surface area (Å²) < 4.78 is 8.48. The molecule has 6 heteroatoms. The van der Waals surface area contributed by atoms with E-state index in [0.29, 0.717) is 13.0 Å². The molecule has 28 heavy (non-hydrogen) atoms. The summed E-state index contributed by atoms with van der Waals surface area (Å²) in [5, 5.41) is 4.56. The van der Waals surface area contributed by atoms with Crippen molar-refractivity contribution in [2.75, 3.05) is 19.7 Å². The van der Waals surface area contributed by atoms with Crippen molar-refractivity contribution < 1.29 is 9.53 Å². The average Bonchev–Trinajstić information content (AvgIpc) is 3.39. The van der Waals surface area contributed by atoms with Gasteiger partial charge in [0, 0.05) is 38.2 Å². The molecule has 5 rings (SSSR count). The van der Waals surface area contributed by atoms with E-state index in [0.717, 1.165) is 38.2 Å². The molecule has 6 nitrogen and oxygen atoms in total. The molecular formula is C22H28N4O2. The maximum absolute atomic E-state index is 12.9. The number of ether oxygens (including phenoxy) is 1. The molecule has 0 unspecified atom stereocenters. The Morgan fingerprint density at radius 3 is 2.79 bits per heavy atom. The molecule has 3 aliphatic rings. The van der Waals surface area contributed by atoms with Crippen molar-refractivity contribution in [3.8, 4) is 0 Å². The fourth-order valence-corrected chi connectivity index (χ4v) is 5.44. The molecule has 1 aromatic carbocycles. The first-order valence-electron chi connectivity index (χ1n) is 10.3. The van der Waals surface area contributed by atoms with Crippen LogP contribution >= 0.6 is 0 Å². The summed E-state index contributed by atoms with van der Waals surface area (Å²) in [6, 6.07) is 12.7. The van der Waals surface area contributed by atoms with Crippen LogP contribution in [0.15, 0.2) is 36.4 Å². The maximum Gasteiger partial charge on any atom is 0.227 e. The van der Waals surface area contributed by atoms with E-state index in [2.05, 4.69) is 44.7 Å². The Kier molecular flexibility index (Phi) is 4.29. The van der Waals surface area contributed by atoms with Crippen LogP contribution in [0.4, 0.5) is 0 Å². The van der Waals surface area contributed by atoms with Gasteiger partial charge in [-0.2, -0.15) is 5.10 Å². The van der Waals surface area contributed by atoms with Crippen molar-refractivity contribution in [1.82, 2.24) is 19.6 Å². The molecule has 3 saturated heterocycles. The summed E-state index contributed by atoms with van der Waals surface area (Å²) in [6.45, 7) is 7.63. The van der Waals surface area contributed by atoms with E-state index in [4.69, 9.17) is 4.74 Å². The number of rotatable bonds is 5. The predicted molar refractivity (Wildman–Crippen MR) is 106 cm³/mol. The molecular weight excluding hydrogens is 352 g/mol. The van der Waals surface area contributed by atoms with Crippen LogP contribution in [-0.4, -0.2) is 57.0 Å². The molecule has 2 aromatic rings. The fourth-order valence-electron chi connectivity index (χ4n) is 5.44. The number of amides is 1. The van der Waals surface area contributed by atoms with Crippen LogP contribution in [0.5, 0.6) is 0 Å². The first-order valence-corrected chi connectivity index (χ1v) is 10.3. The lowest BCUT2D eigenvalue weighted by atomic mass is 10.0. The van der Waals surface area contributed by atoms with E-state index < -0.39 is 5.72 Å². The Hall–Kier alpha value is -2.18. The minimum Gasteiger partial charge on any atom is -0.351 e. The largest absolute Gasteiger partial charge is 0.351 e. The lowest BCUT2D eigenvalue weighted by molar-refractivity contribution is -0.138. The zero-order chi connectivity index (χ0) is 19.3. The molecule has 0 bridgehead atoms. The summed E-state index contributed by atoms with van der Waals surface area (Å²) in [4.78, 5) is 17.5. The molecule has 0 aliphatic carbocycles. The summed E-state index contributed by atoms with van der Waals surface area (Å²) in [6.07, 6.45) is 2.51. The number of aromatic nitrogens is 2. The highest BCUT2D eigenvalue weighted by molar-refractivity contribution is 5.82. The van der Waals surface area contributed by atoms with Crippen LogP contribution in [0.25, 0.3) is 0 Å². The van der Waals surface area contributed by atoms with E-state index in [1.165, 1.54) is 11.3 Å². The van der Waals surface area contributed by atoms with Crippen LogP contribution < -0.4 is 0 Å². The average molecular weight is 380 g/mol. The van der Waals surface area contributed by atoms with E-state index in [9.17, 15) is 4.79 Å². The summed E-state index contributed by atoms with van der Waals surface area (Å²) in [7, 11) is 0. The zero-order valence-electron chi connectivity index (χ0n) is 16.7. The molecule has 3 atom stereocenters. The number of aryl methyl sites for hydroxylation is 3. The first-order chi connectivity index (χ1) is 13.6. The monoisotopic (exact) mass is 380 g/mol. The fraction of sp³-hybridized carbons (Fsp3) is 0.545. The third-order valence-corrected chi connectivity index (χ3v) is 6.67. The van der Waals surface area contributed by atoms with Crippen LogP contribution in [0.1, 0.15) is 42.3 Å². The van der Waals surface area contributed by atoms with Gasteiger partial charge in [0.1, 0.15) is 0 Å². The number of carbonyl (C=O) groups excluding carboxylic acids is 1. The Bertz CT molecular complexity index is 880. The van der Waals surface area contributed by atoms with Gasteiger partial charge in [-0.05, 0) is 31.9 Å². The van der Waals surface area contributed by atoms with Crippen LogP contribution in [-0.2, 0) is 16.1 Å². The van der Waals surface area contributed by atoms with Gasteiger partial charge in [-0.1, -0.05) is 30.3 Å². The molecule has 3 aliphatic heterocycles. The van der Waals surface area contributed by atoms with Crippen LogP contribution in [0, 0.1) is 13.8 Å². The van der Waals surface area contributed by atoms with Gasteiger partial charge >= 0.3 is 0 Å². The van der Waals surface area contributed by atoms with Crippen LogP contribution in [0.2, 0.25) is 0 Å². The highest BCUT2D eigenvalue weighted by Crippen LogP contribution is 2.51. The SMILES string of the molecule is Cc1cc(C)n(CCCN2CC[C@@]34OC[C@@H](c5ccccc5)N3C(=O)C[C@@H]24)n1. The van der Waals surface area contributed by atoms with Crippen LogP contribution in [0.3, 0.4) is 0 Å². The topological polar surface area (TPSA) is 50.6 Å². The van der Waals surface area contributed by atoms with Gasteiger partial charge in [-0.15, -0.1) is 0 Å². The normalized spacial score (nSPS) is 29.5. The quantitative estimate of drug-likeness (QED) is 0.800. The van der Waals surface area contributed by atoms with Crippen molar-refractivity contribution >= 4 is 5.91 Å². The Morgan fingerprint density at radius 2 is 2.04 bits per heavy atom. The number of likely N-dealkylation sites (tertiary alicyclic amines) is 1. The second kappa shape index (κ2) is 6.71. The zero-order valence-corrected chi connectivity index (χ0v) is 16.7. The maximum atomic E-state index is 12.9. The van der Waals surface area contributed by atoms with Crippen molar-refractivity contribution in [3.63, 3.8) is 0 Å². The number of carbonyl (C=O) groups is 1. The number of nitrogens with zero attached hydrogens (tertiary/aromatic N) is 4. The Labute approximate surface area is 166 Å². The lowest BCUT2D eigenvalue weighted by Gasteiger charge is -2.33. The highest BCUT2D eigenvalue weighted by Gasteiger charge is 2.64. The molecule has 1 spiro atoms. The molecule has 0 radical (unpaired) electrons. The molecule has 4 heterocycles. The van der Waals surface area contributed by atoms with Gasteiger partial charge in [0.05, 0.1) is 24.4 Å². The van der Waals surface area contributed by atoms with Gasteiger partial charge in [0.2, 0.25) is 5.91 Å². The summed E-state index contributed by atoms with van der Waals surface area (Å²) in [5.41, 5.74) is 3.04. The molecule has 0 saturated carbocycles. The van der Waals surface area contributed by atoms with Gasteiger partial charge in [0.15, 0.2) is 5.72 Å². The second-order valence-corrected chi connectivity index (χ2v) is 8.36. The Morgan fingerprint density at radius 1 is 1.21 bits per heavy atom. The smallest absolute Gasteiger partial charge is 0.227 e. The Balaban J connectivity index is 1.28. The molecule has 0 N–H and O–H groups in total. The van der Waals surface area contributed by atoms with Crippen molar-refractivity contribution in [3.05, 3.63) is 53.3 Å². The van der Waals surface area contributed by atoms with Gasteiger partial charge in [-0.25, -0.2) is 0 Å². The lowest BCUT2D eigenvalue weighted by Crippen LogP contribution is -2.48. The second-order valence-electron chi connectivity index (χ2n) is 8.36. The minimum absolute atomic E-state index is 0.0494. The molecule has 1 aromatic heterocycles. The third kappa shape index (κ3) is 2.70. The highest BCUT2D eigenvalue weighted by atomic mass is 16.5. The number of benzene rings is 1. The van der Waals surface area contributed by atoms with Gasteiger partial charge in [0.25, 0.3) is 0 Å². The van der Waals surface area contributed by atoms with E-state index in [1.54, 1.807) is 0 Å². The van der Waals surface area contributed by atoms with E-state index >= 15 is 0 Å². The van der Waals surface area contributed by atoms with Gasteiger partial charge < -0.3 is 9.64 Å². The van der Waals surface area contributed by atoms with E-state index in [-0.39, 0.29) is 18.0 Å². The molecule has 1 amide bonds. The minimum atomic E-state index is -0.421. The molecule has 148 valence electrons. The van der Waals surface area contributed by atoms with Crippen molar-refractivity contribution in [2.45, 2.75) is 57.5 Å². The predicted octanol–water partition coefficient (Wildman–Crippen LogP) is 2.66. The van der Waals surface area contributed by atoms with Crippen molar-refractivity contribution in [1.29, 1.82) is 0 Å². The third-order valence-electron chi connectivity index (χ3n) is 6.67. The number of hydrogen-bond donors (Lipinski definition) is 0.